The molecule has 0 aliphatic heterocycles. The molecule has 1 unspecified atom stereocenters. The summed E-state index contributed by atoms with van der Waals surface area (Å²) in [6.45, 7) is 3.22. The van der Waals surface area contributed by atoms with Crippen LogP contribution in [-0.2, 0) is 0 Å². The Morgan fingerprint density at radius 1 is 1.19 bits per heavy atom. The van der Waals surface area contributed by atoms with Crippen molar-refractivity contribution < 1.29 is 0 Å². The van der Waals surface area contributed by atoms with Gasteiger partial charge in [0.05, 0.1) is 5.52 Å². The van der Waals surface area contributed by atoms with E-state index < -0.39 is 0 Å². The van der Waals surface area contributed by atoms with E-state index in [0.717, 1.165) is 18.0 Å². The molecular formula is C19H26N2. The molecule has 1 atom stereocenters. The molecule has 1 aliphatic carbocycles. The summed E-state index contributed by atoms with van der Waals surface area (Å²) in [5, 5.41) is 4.99. The van der Waals surface area contributed by atoms with Crippen LogP contribution in [0.5, 0.6) is 0 Å². The summed E-state index contributed by atoms with van der Waals surface area (Å²) in [5.74, 6) is 0.958. The maximum atomic E-state index is 4.49. The van der Waals surface area contributed by atoms with Crippen LogP contribution < -0.4 is 5.32 Å². The number of fused-ring (bicyclic) bond motifs is 1. The number of hydrogen-bond acceptors (Lipinski definition) is 2. The molecule has 112 valence electrons. The van der Waals surface area contributed by atoms with Crippen LogP contribution in [0, 0.1) is 5.92 Å². The lowest BCUT2D eigenvalue weighted by molar-refractivity contribution is 0.418. The van der Waals surface area contributed by atoms with Crippen molar-refractivity contribution in [3.05, 3.63) is 42.1 Å². The predicted octanol–water partition coefficient (Wildman–Crippen LogP) is 4.86. The maximum absolute atomic E-state index is 4.49. The zero-order valence-electron chi connectivity index (χ0n) is 13.0. The largest absolute Gasteiger partial charge is 0.310 e. The topological polar surface area (TPSA) is 24.9 Å². The third-order valence-corrected chi connectivity index (χ3v) is 4.84. The van der Waals surface area contributed by atoms with Gasteiger partial charge in [-0.25, -0.2) is 0 Å². The van der Waals surface area contributed by atoms with Crippen molar-refractivity contribution in [2.45, 2.75) is 51.5 Å². The zero-order valence-corrected chi connectivity index (χ0v) is 13.0. The average Bonchev–Trinajstić information content (AvgIpc) is 3.04. The van der Waals surface area contributed by atoms with Gasteiger partial charge >= 0.3 is 0 Å². The Bertz CT molecular complexity index is 567. The second kappa shape index (κ2) is 7.04. The molecular weight excluding hydrogens is 256 g/mol. The van der Waals surface area contributed by atoms with E-state index in [1.165, 1.54) is 49.5 Å². The van der Waals surface area contributed by atoms with E-state index in [1.807, 2.05) is 12.3 Å². The first kappa shape index (κ1) is 14.5. The molecule has 1 aliphatic rings. The first-order valence-corrected chi connectivity index (χ1v) is 8.45. The molecule has 1 saturated carbocycles. The maximum Gasteiger partial charge on any atom is 0.0705 e. The molecule has 1 aromatic carbocycles. The summed E-state index contributed by atoms with van der Waals surface area (Å²) >= 11 is 0. The Kier molecular flexibility index (Phi) is 4.87. The van der Waals surface area contributed by atoms with Gasteiger partial charge in [0.2, 0.25) is 0 Å². The van der Waals surface area contributed by atoms with Gasteiger partial charge in [0.15, 0.2) is 0 Å². The van der Waals surface area contributed by atoms with Gasteiger partial charge in [0.25, 0.3) is 0 Å². The van der Waals surface area contributed by atoms with Crippen LogP contribution in [0.25, 0.3) is 10.9 Å². The van der Waals surface area contributed by atoms with E-state index >= 15 is 0 Å². The molecule has 3 rings (SSSR count). The zero-order chi connectivity index (χ0) is 14.5. The predicted molar refractivity (Wildman–Crippen MR) is 89.4 cm³/mol. The van der Waals surface area contributed by atoms with Crippen molar-refractivity contribution in [3.63, 3.8) is 0 Å². The lowest BCUT2D eigenvalue weighted by Gasteiger charge is -2.21. The summed E-state index contributed by atoms with van der Waals surface area (Å²) in [6.07, 6.45) is 10.2. The Morgan fingerprint density at radius 2 is 2.05 bits per heavy atom. The summed E-state index contributed by atoms with van der Waals surface area (Å²) in [4.78, 5) is 4.49. The molecule has 2 heteroatoms. The molecule has 1 N–H and O–H groups in total. The number of aromatic nitrogens is 1. The highest BCUT2D eigenvalue weighted by atomic mass is 14.9. The minimum absolute atomic E-state index is 0.462. The van der Waals surface area contributed by atoms with Crippen LogP contribution in [0.3, 0.4) is 0 Å². The first-order valence-electron chi connectivity index (χ1n) is 8.45. The Labute approximate surface area is 128 Å². The SMILES string of the molecule is CCNC(CCC1CCCC1)c1cccc2ncccc12. The summed E-state index contributed by atoms with van der Waals surface area (Å²) < 4.78 is 0. The summed E-state index contributed by atoms with van der Waals surface area (Å²) in [5.41, 5.74) is 2.53. The molecule has 0 radical (unpaired) electrons. The average molecular weight is 282 g/mol. The van der Waals surface area contributed by atoms with Crippen molar-refractivity contribution >= 4 is 10.9 Å². The van der Waals surface area contributed by atoms with Crippen molar-refractivity contribution in [3.8, 4) is 0 Å². The van der Waals surface area contributed by atoms with Crippen LogP contribution in [0.15, 0.2) is 36.5 Å². The summed E-state index contributed by atoms with van der Waals surface area (Å²) in [7, 11) is 0. The quantitative estimate of drug-likeness (QED) is 0.818. The van der Waals surface area contributed by atoms with E-state index in [4.69, 9.17) is 0 Å². The van der Waals surface area contributed by atoms with E-state index in [0.29, 0.717) is 6.04 Å². The van der Waals surface area contributed by atoms with E-state index in [-0.39, 0.29) is 0 Å². The normalized spacial score (nSPS) is 17.4. The monoisotopic (exact) mass is 282 g/mol. The third-order valence-electron chi connectivity index (χ3n) is 4.84. The highest BCUT2D eigenvalue weighted by Crippen LogP contribution is 2.33. The standard InChI is InChI=1S/C19H26N2/c1-2-20-19(13-12-15-7-3-4-8-15)16-9-5-11-18-17(16)10-6-14-21-18/h5-6,9-11,14-15,19-20H,2-4,7-8,12-13H2,1H3. The fourth-order valence-corrected chi connectivity index (χ4v) is 3.75. The van der Waals surface area contributed by atoms with Gasteiger partial charge in [-0.2, -0.15) is 0 Å². The van der Waals surface area contributed by atoms with Crippen LogP contribution >= 0.6 is 0 Å². The number of nitrogens with zero attached hydrogens (tertiary/aromatic N) is 1. The van der Waals surface area contributed by atoms with Crippen molar-refractivity contribution in [1.82, 2.24) is 10.3 Å². The van der Waals surface area contributed by atoms with Gasteiger partial charge < -0.3 is 5.32 Å². The van der Waals surface area contributed by atoms with E-state index in [2.05, 4.69) is 41.5 Å². The molecule has 0 bridgehead atoms. The Morgan fingerprint density at radius 3 is 2.86 bits per heavy atom. The minimum atomic E-state index is 0.462. The van der Waals surface area contributed by atoms with Crippen LogP contribution in [-0.4, -0.2) is 11.5 Å². The molecule has 1 heterocycles. The highest BCUT2D eigenvalue weighted by molar-refractivity contribution is 5.82. The van der Waals surface area contributed by atoms with E-state index in [1.54, 1.807) is 0 Å². The van der Waals surface area contributed by atoms with E-state index in [9.17, 15) is 0 Å². The molecule has 0 amide bonds. The van der Waals surface area contributed by atoms with Gasteiger partial charge in [-0.15, -0.1) is 0 Å². The number of rotatable bonds is 6. The lowest BCUT2D eigenvalue weighted by Crippen LogP contribution is -2.21. The molecule has 0 saturated heterocycles. The molecule has 1 aromatic heterocycles. The fraction of sp³-hybridized carbons (Fsp3) is 0.526. The molecule has 2 nitrogen and oxygen atoms in total. The van der Waals surface area contributed by atoms with Crippen molar-refractivity contribution in [1.29, 1.82) is 0 Å². The number of benzene rings is 1. The smallest absolute Gasteiger partial charge is 0.0705 e. The van der Waals surface area contributed by atoms with Gasteiger partial charge in [0.1, 0.15) is 0 Å². The summed E-state index contributed by atoms with van der Waals surface area (Å²) in [6, 6.07) is 11.2. The van der Waals surface area contributed by atoms with Crippen LogP contribution in [0.4, 0.5) is 0 Å². The lowest BCUT2D eigenvalue weighted by atomic mass is 9.93. The number of nitrogens with one attached hydrogen (secondary N) is 1. The number of hydrogen-bond donors (Lipinski definition) is 1. The van der Waals surface area contributed by atoms with Gasteiger partial charge in [0, 0.05) is 17.6 Å². The number of pyridine rings is 1. The minimum Gasteiger partial charge on any atom is -0.310 e. The van der Waals surface area contributed by atoms with Gasteiger partial charge in [-0.05, 0) is 43.0 Å². The molecule has 0 spiro atoms. The van der Waals surface area contributed by atoms with Crippen molar-refractivity contribution in [2.24, 2.45) is 5.92 Å². The second-order valence-electron chi connectivity index (χ2n) is 6.26. The Balaban J connectivity index is 1.80. The molecule has 21 heavy (non-hydrogen) atoms. The molecule has 1 fully saturated rings. The van der Waals surface area contributed by atoms with Crippen LogP contribution in [0.2, 0.25) is 0 Å². The highest BCUT2D eigenvalue weighted by Gasteiger charge is 2.19. The Hall–Kier alpha value is -1.41. The van der Waals surface area contributed by atoms with Gasteiger partial charge in [-0.3, -0.25) is 4.98 Å². The second-order valence-corrected chi connectivity index (χ2v) is 6.26. The van der Waals surface area contributed by atoms with Gasteiger partial charge in [-0.1, -0.05) is 50.8 Å². The third kappa shape index (κ3) is 3.44. The first-order chi connectivity index (χ1) is 10.4. The molecule has 2 aromatic rings. The fourth-order valence-electron chi connectivity index (χ4n) is 3.75. The van der Waals surface area contributed by atoms with Crippen LogP contribution in [0.1, 0.15) is 57.1 Å². The van der Waals surface area contributed by atoms with Crippen molar-refractivity contribution in [2.75, 3.05) is 6.54 Å².